The van der Waals surface area contributed by atoms with Crippen LogP contribution in [0, 0.1) is 11.8 Å². The highest BCUT2D eigenvalue weighted by Gasteiger charge is 2.72. The van der Waals surface area contributed by atoms with E-state index in [0.29, 0.717) is 18.0 Å². The molecule has 8 nitrogen and oxygen atoms in total. The molecule has 0 radical (unpaired) electrons. The lowest BCUT2D eigenvalue weighted by atomic mass is 9.74. The second kappa shape index (κ2) is 9.06. The van der Waals surface area contributed by atoms with Crippen molar-refractivity contribution in [2.45, 2.75) is 69.2 Å². The van der Waals surface area contributed by atoms with Gasteiger partial charge in [0.15, 0.2) is 0 Å². The van der Waals surface area contributed by atoms with Gasteiger partial charge in [0.2, 0.25) is 17.7 Å². The number of hydrogen-bond donors (Lipinski definition) is 2. The van der Waals surface area contributed by atoms with Crippen LogP contribution in [0.3, 0.4) is 0 Å². The summed E-state index contributed by atoms with van der Waals surface area (Å²) in [5.74, 6) is -1.33. The molecular weight excluding hydrogens is 434 g/mol. The van der Waals surface area contributed by atoms with Crippen molar-refractivity contribution >= 4 is 23.4 Å². The monoisotopic (exact) mass is 467 g/mol. The van der Waals surface area contributed by atoms with Gasteiger partial charge in [-0.15, -0.1) is 0 Å². The molecule has 8 heteroatoms. The molecule has 3 heterocycles. The van der Waals surface area contributed by atoms with Crippen molar-refractivity contribution < 1.29 is 23.9 Å². The number of anilines is 1. The number of ether oxygens (including phenoxy) is 2. The Labute approximate surface area is 200 Å². The lowest BCUT2D eigenvalue weighted by Crippen LogP contribution is -2.56. The molecule has 4 aliphatic rings. The fraction of sp³-hybridized carbons (Fsp3) is 0.577. The minimum atomic E-state index is -1.10. The van der Waals surface area contributed by atoms with E-state index < -0.39 is 29.6 Å². The van der Waals surface area contributed by atoms with E-state index >= 15 is 0 Å². The van der Waals surface area contributed by atoms with Gasteiger partial charge >= 0.3 is 0 Å². The van der Waals surface area contributed by atoms with Crippen molar-refractivity contribution in [1.29, 1.82) is 0 Å². The SMILES string of the molecule is CCCN1C(=O)[C@H]2[C@H](C(=O)Nc3ccc(OC)cc3)[C@H]3C=C[C@@]2(O3)[C@@H]1C(=O)NC1CCCCC1. The van der Waals surface area contributed by atoms with Gasteiger partial charge in [0.05, 0.1) is 25.0 Å². The van der Waals surface area contributed by atoms with Crippen LogP contribution in [0.1, 0.15) is 45.4 Å². The number of methoxy groups -OCH3 is 1. The zero-order valence-electron chi connectivity index (χ0n) is 19.8. The van der Waals surface area contributed by atoms with Crippen LogP contribution in [0.25, 0.3) is 0 Å². The van der Waals surface area contributed by atoms with Crippen LogP contribution >= 0.6 is 0 Å². The Hall–Kier alpha value is -2.87. The van der Waals surface area contributed by atoms with Gasteiger partial charge in [0.1, 0.15) is 17.4 Å². The first-order chi connectivity index (χ1) is 16.5. The van der Waals surface area contributed by atoms with E-state index in [1.807, 2.05) is 19.1 Å². The molecule has 0 aromatic heterocycles. The summed E-state index contributed by atoms with van der Waals surface area (Å²) in [5.41, 5.74) is -0.480. The number of nitrogens with one attached hydrogen (secondary N) is 2. The number of rotatable bonds is 7. The van der Waals surface area contributed by atoms with Gasteiger partial charge in [-0.1, -0.05) is 38.3 Å². The maximum absolute atomic E-state index is 13.7. The highest BCUT2D eigenvalue weighted by atomic mass is 16.5. The van der Waals surface area contributed by atoms with Gasteiger partial charge in [0.25, 0.3) is 0 Å². The maximum Gasteiger partial charge on any atom is 0.246 e. The van der Waals surface area contributed by atoms with Gasteiger partial charge in [-0.3, -0.25) is 14.4 Å². The van der Waals surface area contributed by atoms with Crippen molar-refractivity contribution in [2.24, 2.45) is 11.8 Å². The van der Waals surface area contributed by atoms with E-state index in [1.165, 1.54) is 6.42 Å². The standard InChI is InChI=1S/C26H33N3O5/c1-3-15-29-22(24(31)28-16-7-5-4-6-8-16)26-14-13-19(34-26)20(21(26)25(29)32)23(30)27-17-9-11-18(33-2)12-10-17/h9-14,16,19-22H,3-8,15H2,1-2H3,(H,27,30)(H,28,31)/t19-,20-,21-,22+,26+/m1/s1. The summed E-state index contributed by atoms with van der Waals surface area (Å²) >= 11 is 0. The highest BCUT2D eigenvalue weighted by molar-refractivity contribution is 6.02. The molecule has 1 saturated carbocycles. The Balaban J connectivity index is 1.40. The highest BCUT2D eigenvalue weighted by Crippen LogP contribution is 2.55. The molecule has 1 aliphatic carbocycles. The quantitative estimate of drug-likeness (QED) is 0.601. The van der Waals surface area contributed by atoms with Crippen molar-refractivity contribution in [3.63, 3.8) is 0 Å². The zero-order chi connectivity index (χ0) is 23.9. The second-order valence-corrected chi connectivity index (χ2v) is 9.79. The second-order valence-electron chi connectivity index (χ2n) is 9.79. The third-order valence-corrected chi connectivity index (χ3v) is 7.70. The van der Waals surface area contributed by atoms with Crippen LogP contribution in [0.4, 0.5) is 5.69 Å². The summed E-state index contributed by atoms with van der Waals surface area (Å²) < 4.78 is 11.5. The number of amides is 3. The van der Waals surface area contributed by atoms with Crippen LogP contribution in [-0.2, 0) is 19.1 Å². The van der Waals surface area contributed by atoms with E-state index in [9.17, 15) is 14.4 Å². The summed E-state index contributed by atoms with van der Waals surface area (Å²) in [4.78, 5) is 42.2. The molecule has 2 N–H and O–H groups in total. The third-order valence-electron chi connectivity index (χ3n) is 7.70. The number of hydrogen-bond acceptors (Lipinski definition) is 5. The van der Waals surface area contributed by atoms with Gasteiger partial charge < -0.3 is 25.0 Å². The molecule has 1 aromatic rings. The van der Waals surface area contributed by atoms with E-state index in [2.05, 4.69) is 10.6 Å². The van der Waals surface area contributed by atoms with Crippen molar-refractivity contribution in [3.8, 4) is 5.75 Å². The lowest BCUT2D eigenvalue weighted by Gasteiger charge is -2.34. The predicted octanol–water partition coefficient (Wildman–Crippen LogP) is 2.64. The molecule has 182 valence electrons. The minimum Gasteiger partial charge on any atom is -0.497 e. The summed E-state index contributed by atoms with van der Waals surface area (Å²) in [6.07, 6.45) is 9.22. The normalized spacial score (nSPS) is 32.1. The minimum absolute atomic E-state index is 0.132. The average molecular weight is 468 g/mol. The number of nitrogens with zero attached hydrogens (tertiary/aromatic N) is 1. The fourth-order valence-electron chi connectivity index (χ4n) is 6.18. The molecule has 0 unspecified atom stereocenters. The van der Waals surface area contributed by atoms with E-state index in [-0.39, 0.29) is 23.8 Å². The van der Waals surface area contributed by atoms with Crippen LogP contribution in [0.5, 0.6) is 5.75 Å². The number of benzene rings is 1. The summed E-state index contributed by atoms with van der Waals surface area (Å²) in [6.45, 7) is 2.44. The van der Waals surface area contributed by atoms with Gasteiger partial charge in [-0.05, 0) is 43.5 Å². The molecule has 2 bridgehead atoms. The first-order valence-corrected chi connectivity index (χ1v) is 12.4. The Kier molecular flexibility index (Phi) is 6.10. The molecule has 5 rings (SSSR count). The van der Waals surface area contributed by atoms with Crippen LogP contribution in [-0.4, -0.2) is 60.1 Å². The average Bonchev–Trinajstić information content (AvgIpc) is 3.48. The molecule has 3 fully saturated rings. The van der Waals surface area contributed by atoms with E-state index in [4.69, 9.17) is 9.47 Å². The Morgan fingerprint density at radius 3 is 2.56 bits per heavy atom. The summed E-state index contributed by atoms with van der Waals surface area (Å²) in [6, 6.07) is 6.43. The number of carbonyl (C=O) groups is 3. The molecule has 1 spiro atoms. The zero-order valence-corrected chi connectivity index (χ0v) is 19.8. The molecule has 3 amide bonds. The Bertz CT molecular complexity index is 987. The molecule has 5 atom stereocenters. The van der Waals surface area contributed by atoms with Gasteiger partial charge in [-0.2, -0.15) is 0 Å². The molecule has 34 heavy (non-hydrogen) atoms. The lowest BCUT2D eigenvalue weighted by molar-refractivity contribution is -0.141. The van der Waals surface area contributed by atoms with E-state index in [0.717, 1.165) is 32.1 Å². The van der Waals surface area contributed by atoms with Gasteiger partial charge in [-0.25, -0.2) is 0 Å². The summed E-state index contributed by atoms with van der Waals surface area (Å²) in [5, 5.41) is 6.12. The van der Waals surface area contributed by atoms with Crippen LogP contribution < -0.4 is 15.4 Å². The molecule has 2 saturated heterocycles. The predicted molar refractivity (Wildman–Crippen MR) is 126 cm³/mol. The van der Waals surface area contributed by atoms with Crippen molar-refractivity contribution in [1.82, 2.24) is 10.2 Å². The third kappa shape index (κ3) is 3.68. The molecular formula is C26H33N3O5. The largest absolute Gasteiger partial charge is 0.497 e. The van der Waals surface area contributed by atoms with Crippen molar-refractivity contribution in [2.75, 3.05) is 19.0 Å². The first kappa shape index (κ1) is 22.9. The molecule has 1 aromatic carbocycles. The van der Waals surface area contributed by atoms with E-state index in [1.54, 1.807) is 36.3 Å². The van der Waals surface area contributed by atoms with Gasteiger partial charge in [0, 0.05) is 18.3 Å². The van der Waals surface area contributed by atoms with Crippen LogP contribution in [0.15, 0.2) is 36.4 Å². The number of carbonyl (C=O) groups excluding carboxylic acids is 3. The smallest absolute Gasteiger partial charge is 0.246 e. The Morgan fingerprint density at radius 1 is 1.15 bits per heavy atom. The Morgan fingerprint density at radius 2 is 1.88 bits per heavy atom. The number of likely N-dealkylation sites (tertiary alicyclic amines) is 1. The number of fused-ring (bicyclic) bond motifs is 1. The fourth-order valence-corrected chi connectivity index (χ4v) is 6.18. The maximum atomic E-state index is 13.7. The molecule has 3 aliphatic heterocycles. The summed E-state index contributed by atoms with van der Waals surface area (Å²) in [7, 11) is 1.58. The topological polar surface area (TPSA) is 97.0 Å². The van der Waals surface area contributed by atoms with Crippen molar-refractivity contribution in [3.05, 3.63) is 36.4 Å². The van der Waals surface area contributed by atoms with Crippen LogP contribution in [0.2, 0.25) is 0 Å². The first-order valence-electron chi connectivity index (χ1n) is 12.4.